The lowest BCUT2D eigenvalue weighted by Crippen LogP contribution is -2.30. The summed E-state index contributed by atoms with van der Waals surface area (Å²) in [6, 6.07) is 16.4. The molecule has 0 bridgehead atoms. The lowest BCUT2D eigenvalue weighted by Gasteiger charge is -2.22. The lowest BCUT2D eigenvalue weighted by atomic mass is 10.2. The molecule has 4 nitrogen and oxygen atoms in total. The van der Waals surface area contributed by atoms with Crippen molar-refractivity contribution in [3.63, 3.8) is 0 Å². The number of thiazole rings is 1. The van der Waals surface area contributed by atoms with Crippen LogP contribution in [-0.2, 0) is 10.0 Å². The van der Waals surface area contributed by atoms with E-state index in [4.69, 9.17) is 0 Å². The van der Waals surface area contributed by atoms with Gasteiger partial charge in [0.1, 0.15) is 5.01 Å². The predicted molar refractivity (Wildman–Crippen MR) is 91.9 cm³/mol. The zero-order valence-electron chi connectivity index (χ0n) is 12.4. The second kappa shape index (κ2) is 5.70. The first-order valence-corrected chi connectivity index (χ1v) is 9.84. The third-order valence-electron chi connectivity index (χ3n) is 4.15. The van der Waals surface area contributed by atoms with Crippen molar-refractivity contribution < 1.29 is 8.42 Å². The molecule has 2 aromatic carbocycles. The van der Waals surface area contributed by atoms with E-state index in [9.17, 15) is 8.42 Å². The lowest BCUT2D eigenvalue weighted by molar-refractivity contribution is 0.396. The van der Waals surface area contributed by atoms with Gasteiger partial charge in [0.25, 0.3) is 0 Å². The van der Waals surface area contributed by atoms with Crippen LogP contribution in [0.4, 0.5) is 0 Å². The first-order chi connectivity index (χ1) is 11.2. The molecular formula is C17H16N2O2S2. The number of para-hydroxylation sites is 1. The van der Waals surface area contributed by atoms with E-state index in [2.05, 4.69) is 4.98 Å². The van der Waals surface area contributed by atoms with Gasteiger partial charge in [0.15, 0.2) is 0 Å². The molecule has 2 heterocycles. The number of rotatable bonds is 3. The van der Waals surface area contributed by atoms with Crippen molar-refractivity contribution in [1.29, 1.82) is 0 Å². The Bertz CT molecular complexity index is 902. The molecule has 1 aromatic heterocycles. The van der Waals surface area contributed by atoms with Crippen molar-refractivity contribution in [2.75, 3.05) is 6.54 Å². The highest BCUT2D eigenvalue weighted by Crippen LogP contribution is 2.39. The average Bonchev–Trinajstić information content (AvgIpc) is 3.22. The Balaban J connectivity index is 1.74. The Kier molecular flexibility index (Phi) is 3.67. The number of nitrogens with zero attached hydrogens (tertiary/aromatic N) is 2. The molecule has 0 aliphatic carbocycles. The minimum Gasteiger partial charge on any atom is -0.239 e. The Morgan fingerprint density at radius 3 is 2.57 bits per heavy atom. The van der Waals surface area contributed by atoms with Crippen molar-refractivity contribution in [1.82, 2.24) is 9.29 Å². The number of benzene rings is 2. The van der Waals surface area contributed by atoms with Crippen molar-refractivity contribution >= 4 is 31.6 Å². The highest BCUT2D eigenvalue weighted by molar-refractivity contribution is 7.89. The number of fused-ring (bicyclic) bond motifs is 1. The van der Waals surface area contributed by atoms with Gasteiger partial charge in [0, 0.05) is 6.54 Å². The molecule has 0 amide bonds. The minimum absolute atomic E-state index is 0.155. The van der Waals surface area contributed by atoms with Crippen LogP contribution in [0.2, 0.25) is 0 Å². The third kappa shape index (κ3) is 2.56. The van der Waals surface area contributed by atoms with Crippen LogP contribution in [0, 0.1) is 0 Å². The number of sulfonamides is 1. The Morgan fingerprint density at radius 1 is 1.04 bits per heavy atom. The monoisotopic (exact) mass is 344 g/mol. The van der Waals surface area contributed by atoms with Crippen LogP contribution < -0.4 is 0 Å². The van der Waals surface area contributed by atoms with Crippen LogP contribution >= 0.6 is 11.3 Å². The molecule has 1 aliphatic heterocycles. The Morgan fingerprint density at radius 2 is 1.78 bits per heavy atom. The first-order valence-electron chi connectivity index (χ1n) is 7.58. The summed E-state index contributed by atoms with van der Waals surface area (Å²) in [7, 11) is -3.47. The summed E-state index contributed by atoms with van der Waals surface area (Å²) in [6.07, 6.45) is 1.69. The predicted octanol–water partition coefficient (Wildman–Crippen LogP) is 3.82. The largest absolute Gasteiger partial charge is 0.243 e. The topological polar surface area (TPSA) is 50.3 Å². The van der Waals surface area contributed by atoms with Crippen LogP contribution in [0.3, 0.4) is 0 Å². The summed E-state index contributed by atoms with van der Waals surface area (Å²) < 4.78 is 28.6. The van der Waals surface area contributed by atoms with Gasteiger partial charge >= 0.3 is 0 Å². The van der Waals surface area contributed by atoms with Crippen LogP contribution in [-0.4, -0.2) is 24.3 Å². The molecule has 3 aromatic rings. The molecule has 6 heteroatoms. The molecular weight excluding hydrogens is 328 g/mol. The van der Waals surface area contributed by atoms with E-state index < -0.39 is 10.0 Å². The van der Waals surface area contributed by atoms with Crippen molar-refractivity contribution in [2.45, 2.75) is 23.8 Å². The molecule has 0 saturated carbocycles. The van der Waals surface area contributed by atoms with Gasteiger partial charge in [-0.05, 0) is 37.1 Å². The van der Waals surface area contributed by atoms with E-state index >= 15 is 0 Å². The van der Waals surface area contributed by atoms with Crippen LogP contribution in [0.25, 0.3) is 10.2 Å². The van der Waals surface area contributed by atoms with Crippen LogP contribution in [0.5, 0.6) is 0 Å². The second-order valence-corrected chi connectivity index (χ2v) is 8.56. The fourth-order valence-electron chi connectivity index (χ4n) is 3.04. The van der Waals surface area contributed by atoms with Gasteiger partial charge in [-0.3, -0.25) is 0 Å². The summed E-state index contributed by atoms with van der Waals surface area (Å²) in [5.74, 6) is 0. The second-order valence-electron chi connectivity index (χ2n) is 5.61. The van der Waals surface area contributed by atoms with E-state index in [1.165, 1.54) is 0 Å². The van der Waals surface area contributed by atoms with Crippen molar-refractivity contribution in [2.24, 2.45) is 0 Å². The number of hydrogen-bond donors (Lipinski definition) is 0. The van der Waals surface area contributed by atoms with E-state index in [0.29, 0.717) is 11.4 Å². The van der Waals surface area contributed by atoms with E-state index in [0.717, 1.165) is 28.1 Å². The standard InChI is InChI=1S/C17H16N2O2S2/c20-23(21,13-7-2-1-3-8-13)19-12-6-10-15(19)17-18-14-9-4-5-11-16(14)22-17/h1-5,7-9,11,15H,6,10,12H2/t15-/m0/s1. The first kappa shape index (κ1) is 14.8. The van der Waals surface area contributed by atoms with Gasteiger partial charge in [-0.2, -0.15) is 4.31 Å². The fraction of sp³-hybridized carbons (Fsp3) is 0.235. The van der Waals surface area contributed by atoms with Gasteiger partial charge in [-0.15, -0.1) is 11.3 Å². The van der Waals surface area contributed by atoms with E-state index in [1.54, 1.807) is 39.9 Å². The molecule has 23 heavy (non-hydrogen) atoms. The molecule has 0 spiro atoms. The third-order valence-corrected chi connectivity index (χ3v) is 7.21. The summed E-state index contributed by atoms with van der Waals surface area (Å²) in [4.78, 5) is 5.02. The normalized spacial score (nSPS) is 19.4. The maximum Gasteiger partial charge on any atom is 0.243 e. The Labute approximate surface area is 139 Å². The van der Waals surface area contributed by atoms with E-state index in [1.807, 2.05) is 30.3 Å². The van der Waals surface area contributed by atoms with Gasteiger partial charge in [-0.25, -0.2) is 13.4 Å². The maximum absolute atomic E-state index is 12.9. The maximum atomic E-state index is 12.9. The van der Waals surface area contributed by atoms with Gasteiger partial charge in [0.05, 0.1) is 21.2 Å². The molecule has 118 valence electrons. The summed E-state index contributed by atoms with van der Waals surface area (Å²) in [6.45, 7) is 0.553. The molecule has 1 aliphatic rings. The molecule has 1 atom stereocenters. The highest BCUT2D eigenvalue weighted by Gasteiger charge is 2.37. The van der Waals surface area contributed by atoms with Crippen molar-refractivity contribution in [3.05, 3.63) is 59.6 Å². The minimum atomic E-state index is -3.47. The molecule has 0 N–H and O–H groups in total. The zero-order valence-corrected chi connectivity index (χ0v) is 14.1. The zero-order chi connectivity index (χ0) is 15.9. The van der Waals surface area contributed by atoms with Gasteiger partial charge in [0.2, 0.25) is 10.0 Å². The molecule has 0 radical (unpaired) electrons. The molecule has 4 rings (SSSR count). The molecule has 1 saturated heterocycles. The Hall–Kier alpha value is -1.76. The number of hydrogen-bond acceptors (Lipinski definition) is 4. The highest BCUT2D eigenvalue weighted by atomic mass is 32.2. The fourth-order valence-corrected chi connectivity index (χ4v) is 5.90. The van der Waals surface area contributed by atoms with Crippen LogP contribution in [0.15, 0.2) is 59.5 Å². The summed E-state index contributed by atoms with van der Waals surface area (Å²) in [5, 5.41) is 0.892. The average molecular weight is 344 g/mol. The van der Waals surface area contributed by atoms with Gasteiger partial charge < -0.3 is 0 Å². The number of aromatic nitrogens is 1. The summed E-state index contributed by atoms with van der Waals surface area (Å²) in [5.41, 5.74) is 0.941. The quantitative estimate of drug-likeness (QED) is 0.726. The van der Waals surface area contributed by atoms with Crippen molar-refractivity contribution in [3.8, 4) is 0 Å². The SMILES string of the molecule is O=S(=O)(c1ccccc1)N1CCC[C@H]1c1nc2ccccc2s1. The van der Waals surface area contributed by atoms with Gasteiger partial charge in [-0.1, -0.05) is 30.3 Å². The van der Waals surface area contributed by atoms with E-state index in [-0.39, 0.29) is 6.04 Å². The summed E-state index contributed by atoms with van der Waals surface area (Å²) >= 11 is 1.59. The molecule has 0 unspecified atom stereocenters. The smallest absolute Gasteiger partial charge is 0.239 e. The molecule has 1 fully saturated rings. The van der Waals surface area contributed by atoms with Crippen LogP contribution in [0.1, 0.15) is 23.9 Å².